The Hall–Kier alpha value is -3.34. The first-order chi connectivity index (χ1) is 18.1. The van der Waals surface area contributed by atoms with Gasteiger partial charge in [0.1, 0.15) is 11.5 Å². The Bertz CT molecular complexity index is 1080. The molecule has 0 aliphatic rings. The predicted octanol–water partition coefficient (Wildman–Crippen LogP) is 9.02. The molecule has 198 valence electrons. The van der Waals surface area contributed by atoms with Gasteiger partial charge in [0.15, 0.2) is 11.6 Å². The van der Waals surface area contributed by atoms with Gasteiger partial charge in [-0.3, -0.25) is 0 Å². The third-order valence-corrected chi connectivity index (χ3v) is 6.19. The molecule has 37 heavy (non-hydrogen) atoms. The molecular weight excluding hydrogens is 467 g/mol. The maximum Gasteiger partial charge on any atom is 0.343 e. The van der Waals surface area contributed by atoms with Gasteiger partial charge in [-0.05, 0) is 66.4 Å². The number of rotatable bonds is 16. The molecule has 0 heterocycles. The Morgan fingerprint density at radius 2 is 1.19 bits per heavy atom. The maximum absolute atomic E-state index is 14.4. The summed E-state index contributed by atoms with van der Waals surface area (Å²) in [7, 11) is 0. The maximum atomic E-state index is 14.4. The summed E-state index contributed by atoms with van der Waals surface area (Å²) in [6.45, 7) is 5.56. The lowest BCUT2D eigenvalue weighted by Crippen LogP contribution is -2.09. The van der Waals surface area contributed by atoms with E-state index in [1.807, 2.05) is 36.4 Å². The summed E-state index contributed by atoms with van der Waals surface area (Å²) in [5.41, 5.74) is 2.18. The predicted molar refractivity (Wildman–Crippen MR) is 147 cm³/mol. The van der Waals surface area contributed by atoms with Crippen molar-refractivity contribution in [1.82, 2.24) is 0 Å². The van der Waals surface area contributed by atoms with Crippen molar-refractivity contribution in [2.45, 2.75) is 71.6 Å². The van der Waals surface area contributed by atoms with Gasteiger partial charge in [0, 0.05) is 0 Å². The molecular formula is C32H39FO4. The summed E-state index contributed by atoms with van der Waals surface area (Å²) in [6, 6.07) is 19.4. The van der Waals surface area contributed by atoms with Crippen molar-refractivity contribution in [3.63, 3.8) is 0 Å². The Balaban J connectivity index is 1.48. The first kappa shape index (κ1) is 28.2. The molecule has 0 saturated heterocycles. The molecule has 0 radical (unpaired) electrons. The molecule has 0 amide bonds. The molecule has 0 unspecified atom stereocenters. The van der Waals surface area contributed by atoms with E-state index in [9.17, 15) is 9.18 Å². The number of benzene rings is 3. The van der Waals surface area contributed by atoms with Crippen LogP contribution in [0.1, 0.15) is 82.0 Å². The van der Waals surface area contributed by atoms with Gasteiger partial charge in [0.05, 0.1) is 18.8 Å². The van der Waals surface area contributed by atoms with Crippen molar-refractivity contribution < 1.29 is 23.4 Å². The largest absolute Gasteiger partial charge is 0.494 e. The van der Waals surface area contributed by atoms with Crippen LogP contribution >= 0.6 is 0 Å². The van der Waals surface area contributed by atoms with Crippen LogP contribution in [0.3, 0.4) is 0 Å². The second-order valence-electron chi connectivity index (χ2n) is 9.26. The summed E-state index contributed by atoms with van der Waals surface area (Å²) in [6.07, 6.45) is 10.2. The van der Waals surface area contributed by atoms with Gasteiger partial charge in [0.2, 0.25) is 0 Å². The van der Waals surface area contributed by atoms with Crippen LogP contribution in [-0.2, 0) is 0 Å². The topological polar surface area (TPSA) is 44.8 Å². The molecule has 3 aromatic carbocycles. The highest BCUT2D eigenvalue weighted by Gasteiger charge is 2.13. The van der Waals surface area contributed by atoms with Crippen molar-refractivity contribution >= 4 is 5.97 Å². The van der Waals surface area contributed by atoms with Crippen molar-refractivity contribution in [2.24, 2.45) is 0 Å². The number of esters is 1. The van der Waals surface area contributed by atoms with Gasteiger partial charge < -0.3 is 14.2 Å². The molecule has 3 rings (SSSR count). The fourth-order valence-electron chi connectivity index (χ4n) is 3.98. The molecule has 0 atom stereocenters. The molecule has 0 aliphatic carbocycles. The van der Waals surface area contributed by atoms with Crippen molar-refractivity contribution in [3.8, 4) is 28.4 Å². The van der Waals surface area contributed by atoms with E-state index in [1.165, 1.54) is 44.2 Å². The van der Waals surface area contributed by atoms with Gasteiger partial charge in [0.25, 0.3) is 0 Å². The minimum atomic E-state index is -0.613. The molecule has 0 aromatic heterocycles. The lowest BCUT2D eigenvalue weighted by Gasteiger charge is -2.10. The minimum absolute atomic E-state index is 0.141. The SMILES string of the molecule is CCCCCCCOc1ccc(C(=O)Oc2ccc(-c3ccc(OCCCCCC)cc3)cc2)cc1F. The van der Waals surface area contributed by atoms with Gasteiger partial charge >= 0.3 is 5.97 Å². The second kappa shape index (κ2) is 15.7. The van der Waals surface area contributed by atoms with Crippen LogP contribution in [0.15, 0.2) is 66.7 Å². The molecule has 4 nitrogen and oxygen atoms in total. The monoisotopic (exact) mass is 506 g/mol. The fraction of sp³-hybridized carbons (Fsp3) is 0.406. The van der Waals surface area contributed by atoms with Crippen LogP contribution < -0.4 is 14.2 Å². The number of halogens is 1. The zero-order chi connectivity index (χ0) is 26.3. The fourth-order valence-corrected chi connectivity index (χ4v) is 3.98. The molecule has 0 aliphatic heterocycles. The van der Waals surface area contributed by atoms with Crippen LogP contribution in [0.25, 0.3) is 11.1 Å². The van der Waals surface area contributed by atoms with Crippen molar-refractivity contribution in [1.29, 1.82) is 0 Å². The Labute approximate surface area is 220 Å². The van der Waals surface area contributed by atoms with Crippen molar-refractivity contribution in [3.05, 3.63) is 78.1 Å². The smallest absolute Gasteiger partial charge is 0.343 e. The van der Waals surface area contributed by atoms with Crippen LogP contribution in [0.4, 0.5) is 4.39 Å². The highest BCUT2D eigenvalue weighted by Crippen LogP contribution is 2.26. The Kier molecular flexibility index (Phi) is 12.0. The summed E-state index contributed by atoms with van der Waals surface area (Å²) >= 11 is 0. The van der Waals surface area contributed by atoms with E-state index in [0.29, 0.717) is 12.4 Å². The van der Waals surface area contributed by atoms with Gasteiger partial charge in [-0.2, -0.15) is 0 Å². The number of unbranched alkanes of at least 4 members (excludes halogenated alkanes) is 7. The van der Waals surface area contributed by atoms with E-state index in [-0.39, 0.29) is 11.3 Å². The van der Waals surface area contributed by atoms with E-state index in [1.54, 1.807) is 12.1 Å². The molecule has 0 N–H and O–H groups in total. The lowest BCUT2D eigenvalue weighted by molar-refractivity contribution is 0.0734. The number of hydrogen-bond donors (Lipinski definition) is 0. The Morgan fingerprint density at radius 1 is 0.649 bits per heavy atom. The minimum Gasteiger partial charge on any atom is -0.494 e. The molecule has 0 bridgehead atoms. The van der Waals surface area contributed by atoms with Crippen molar-refractivity contribution in [2.75, 3.05) is 13.2 Å². The second-order valence-corrected chi connectivity index (χ2v) is 9.26. The average molecular weight is 507 g/mol. The summed E-state index contributed by atoms with van der Waals surface area (Å²) in [5, 5.41) is 0. The summed E-state index contributed by atoms with van der Waals surface area (Å²) in [5.74, 6) is 0.240. The first-order valence-electron chi connectivity index (χ1n) is 13.6. The van der Waals surface area contributed by atoms with E-state index in [4.69, 9.17) is 14.2 Å². The van der Waals surface area contributed by atoms with Crippen LogP contribution in [0.2, 0.25) is 0 Å². The van der Waals surface area contributed by atoms with E-state index in [0.717, 1.165) is 55.2 Å². The standard InChI is InChI=1S/C32H39FO4/c1-3-5-7-9-11-23-36-31-21-16-27(24-30(31)33)32(34)37-29-19-14-26(15-20-29)25-12-17-28(18-13-25)35-22-10-8-6-4-2/h12-21,24H,3-11,22-23H2,1-2H3. The van der Waals surface area contributed by atoms with Crippen LogP contribution in [0, 0.1) is 5.82 Å². The molecule has 0 fully saturated rings. The number of carbonyl (C=O) groups excluding carboxylic acids is 1. The van der Waals surface area contributed by atoms with Gasteiger partial charge in [-0.15, -0.1) is 0 Å². The summed E-state index contributed by atoms with van der Waals surface area (Å²) < 4.78 is 31.2. The van der Waals surface area contributed by atoms with E-state index >= 15 is 0 Å². The molecule has 3 aromatic rings. The molecule has 0 saturated carbocycles. The number of carbonyl (C=O) groups is 1. The van der Waals surface area contributed by atoms with Crippen LogP contribution in [-0.4, -0.2) is 19.2 Å². The van der Waals surface area contributed by atoms with E-state index in [2.05, 4.69) is 13.8 Å². The molecule has 0 spiro atoms. The number of hydrogen-bond acceptors (Lipinski definition) is 4. The van der Waals surface area contributed by atoms with Crippen LogP contribution in [0.5, 0.6) is 17.2 Å². The Morgan fingerprint density at radius 3 is 1.78 bits per heavy atom. The highest BCUT2D eigenvalue weighted by molar-refractivity contribution is 5.91. The lowest BCUT2D eigenvalue weighted by atomic mass is 10.1. The molecule has 5 heteroatoms. The zero-order valence-electron chi connectivity index (χ0n) is 22.1. The van der Waals surface area contributed by atoms with Gasteiger partial charge in [-0.25, -0.2) is 9.18 Å². The zero-order valence-corrected chi connectivity index (χ0v) is 22.1. The highest BCUT2D eigenvalue weighted by atomic mass is 19.1. The first-order valence-corrected chi connectivity index (χ1v) is 13.6. The van der Waals surface area contributed by atoms with E-state index < -0.39 is 11.8 Å². The number of ether oxygens (including phenoxy) is 3. The average Bonchev–Trinajstić information content (AvgIpc) is 2.92. The summed E-state index contributed by atoms with van der Waals surface area (Å²) in [4.78, 5) is 12.5. The third kappa shape index (κ3) is 9.56. The normalized spacial score (nSPS) is 10.8. The van der Waals surface area contributed by atoms with Gasteiger partial charge in [-0.1, -0.05) is 83.1 Å². The third-order valence-electron chi connectivity index (χ3n) is 6.19. The quantitative estimate of drug-likeness (QED) is 0.110.